The minimum absolute atomic E-state index is 0.228. The van der Waals surface area contributed by atoms with Gasteiger partial charge in [0.25, 0.3) is 5.91 Å². The Labute approximate surface area is 228 Å². The van der Waals surface area contributed by atoms with Gasteiger partial charge in [-0.3, -0.25) is 24.6 Å². The van der Waals surface area contributed by atoms with E-state index in [0.29, 0.717) is 17.9 Å². The van der Waals surface area contributed by atoms with Crippen LogP contribution >= 0.6 is 0 Å². The van der Waals surface area contributed by atoms with E-state index in [1.807, 2.05) is 43.5 Å². The van der Waals surface area contributed by atoms with Crippen LogP contribution in [0.4, 0.5) is 0 Å². The number of hydrogen-bond donors (Lipinski definition) is 1. The van der Waals surface area contributed by atoms with Gasteiger partial charge in [0.1, 0.15) is 51.6 Å². The molecule has 1 N–H and O–H groups in total. The number of nitrogens with one attached hydrogen (secondary N) is 1. The first kappa shape index (κ1) is 26.7. The average Bonchev–Trinajstić information content (AvgIpc) is 3.24. The molecule has 0 aliphatic carbocycles. The highest BCUT2D eigenvalue weighted by molar-refractivity contribution is 6.66. The molecule has 3 aliphatic heterocycles. The molecule has 192 valence electrons. The number of carbonyl (C=O) groups excluding carboxylic acids is 3. The summed E-state index contributed by atoms with van der Waals surface area (Å²) in [7, 11) is 9.18. The molecule has 38 heavy (non-hydrogen) atoms. The second-order valence-electron chi connectivity index (χ2n) is 11.8. The zero-order valence-electron chi connectivity index (χ0n) is 22.9. The van der Waals surface area contributed by atoms with Crippen molar-refractivity contribution in [3.63, 3.8) is 0 Å². The maximum atomic E-state index is 13.6. The molecule has 1 atom stereocenters. The monoisotopic (exact) mass is 509 g/mol. The Morgan fingerprint density at radius 2 is 1.55 bits per heavy atom. The van der Waals surface area contributed by atoms with E-state index in [1.165, 1.54) is 5.56 Å². The maximum Gasteiger partial charge on any atom is 0.254 e. The van der Waals surface area contributed by atoms with Crippen LogP contribution in [0.15, 0.2) is 42.5 Å². The van der Waals surface area contributed by atoms with Crippen LogP contribution in [0.3, 0.4) is 0 Å². The van der Waals surface area contributed by atoms with Crippen LogP contribution in [-0.2, 0) is 34.0 Å². The van der Waals surface area contributed by atoms with E-state index in [2.05, 4.69) is 34.5 Å². The van der Waals surface area contributed by atoms with Crippen molar-refractivity contribution in [2.45, 2.75) is 35.6 Å². The number of amides is 3. The normalized spacial score (nSPS) is 24.6. The molecule has 2 aromatic rings. The third kappa shape index (κ3) is 4.20. The average molecular weight is 509 g/mol. The molecular formula is C25H32B5N3O5. The lowest BCUT2D eigenvalue weighted by molar-refractivity contribution is -0.140. The van der Waals surface area contributed by atoms with Gasteiger partial charge in [-0.1, -0.05) is 35.5 Å². The van der Waals surface area contributed by atoms with Gasteiger partial charge in [-0.25, -0.2) is 0 Å². The number of piperidine rings is 1. The van der Waals surface area contributed by atoms with Gasteiger partial charge in [0, 0.05) is 30.8 Å². The van der Waals surface area contributed by atoms with E-state index in [9.17, 15) is 14.4 Å². The third-order valence-electron chi connectivity index (χ3n) is 9.41. The van der Waals surface area contributed by atoms with Crippen LogP contribution in [0.25, 0.3) is 0 Å². The minimum Gasteiger partial charge on any atom is -0.489 e. The van der Waals surface area contributed by atoms with Crippen molar-refractivity contribution in [1.29, 1.82) is 0 Å². The van der Waals surface area contributed by atoms with E-state index >= 15 is 0 Å². The predicted octanol–water partition coefficient (Wildman–Crippen LogP) is -3.20. The maximum absolute atomic E-state index is 13.6. The quantitative estimate of drug-likeness (QED) is 0.327. The lowest BCUT2D eigenvalue weighted by Crippen LogP contribution is -2.75. The molecule has 2 saturated heterocycles. The van der Waals surface area contributed by atoms with Crippen LogP contribution < -0.4 is 10.1 Å². The zero-order valence-corrected chi connectivity index (χ0v) is 22.9. The van der Waals surface area contributed by atoms with Crippen LogP contribution in [0.5, 0.6) is 5.75 Å². The zero-order chi connectivity index (χ0) is 27.3. The lowest BCUT2D eigenvalue weighted by Gasteiger charge is -2.59. The van der Waals surface area contributed by atoms with Crippen molar-refractivity contribution in [2.24, 2.45) is 0 Å². The van der Waals surface area contributed by atoms with E-state index in [4.69, 9.17) is 9.47 Å². The van der Waals surface area contributed by atoms with Crippen molar-refractivity contribution in [1.82, 2.24) is 15.1 Å². The number of rotatable bonds is 6. The highest BCUT2D eigenvalue weighted by Crippen LogP contribution is 2.55. The fourth-order valence-corrected chi connectivity index (χ4v) is 5.74. The van der Waals surface area contributed by atoms with Gasteiger partial charge in [0.15, 0.2) is 0 Å². The standard InChI is InChI=1S/C25H32B5N3O5/c26-23(27)21(35)31-22(36)24(28,25(23,29)30)33-13-18-17(20(33)34)2-1-3-19(18)38-14-16-6-4-15(5-7-16)12-32-8-10-37-11-9-32/h1-7H,8-14,26-30H2,(H,31,35,36)/t24-/m1/s1. The molecule has 0 aromatic heterocycles. The van der Waals surface area contributed by atoms with Gasteiger partial charge in [-0.2, -0.15) is 0 Å². The molecule has 3 amide bonds. The highest BCUT2D eigenvalue weighted by Gasteiger charge is 2.64. The molecule has 2 fully saturated rings. The van der Waals surface area contributed by atoms with Gasteiger partial charge in [0.05, 0.1) is 25.2 Å². The number of imide groups is 1. The fraction of sp³-hybridized carbons (Fsp3) is 0.400. The summed E-state index contributed by atoms with van der Waals surface area (Å²) in [5, 5.41) is 0.838. The van der Waals surface area contributed by atoms with Gasteiger partial charge in [-0.05, 0) is 28.5 Å². The van der Waals surface area contributed by atoms with Crippen molar-refractivity contribution >= 4 is 57.0 Å². The van der Waals surface area contributed by atoms with Crippen LogP contribution in [0.1, 0.15) is 27.0 Å². The van der Waals surface area contributed by atoms with Crippen LogP contribution in [0.2, 0.25) is 10.4 Å². The largest absolute Gasteiger partial charge is 0.489 e. The SMILES string of the molecule is BC1(B)C(=O)NC(=O)[C@@](B)(N2Cc3c(OCc4ccc(CN5CCOCC5)cc4)cccc3C2=O)C1(B)B. The number of benzene rings is 2. The highest BCUT2D eigenvalue weighted by atomic mass is 16.5. The first-order valence-corrected chi connectivity index (χ1v) is 13.3. The van der Waals surface area contributed by atoms with Gasteiger partial charge >= 0.3 is 0 Å². The van der Waals surface area contributed by atoms with Gasteiger partial charge in [-0.15, -0.1) is 0 Å². The van der Waals surface area contributed by atoms with Gasteiger partial charge in [0.2, 0.25) is 11.8 Å². The molecule has 3 heterocycles. The number of fused-ring (bicyclic) bond motifs is 1. The lowest BCUT2D eigenvalue weighted by atomic mass is 9.21. The van der Waals surface area contributed by atoms with Crippen LogP contribution in [0, 0.1) is 0 Å². The second-order valence-corrected chi connectivity index (χ2v) is 11.8. The smallest absolute Gasteiger partial charge is 0.254 e. The molecule has 5 rings (SSSR count). The Morgan fingerprint density at radius 3 is 2.24 bits per heavy atom. The summed E-state index contributed by atoms with van der Waals surface area (Å²) in [6.07, 6.45) is 0. The summed E-state index contributed by atoms with van der Waals surface area (Å²) in [6.45, 7) is 4.97. The Kier molecular flexibility index (Phi) is 6.80. The molecule has 0 spiro atoms. The molecule has 0 unspecified atom stereocenters. The predicted molar refractivity (Wildman–Crippen MR) is 157 cm³/mol. The Morgan fingerprint density at radius 1 is 0.895 bits per heavy atom. The van der Waals surface area contributed by atoms with Crippen molar-refractivity contribution in [2.75, 3.05) is 26.3 Å². The van der Waals surface area contributed by atoms with Crippen molar-refractivity contribution < 1.29 is 23.9 Å². The van der Waals surface area contributed by atoms with Crippen molar-refractivity contribution in [3.05, 3.63) is 64.7 Å². The second kappa shape index (κ2) is 9.68. The van der Waals surface area contributed by atoms with E-state index < -0.39 is 21.8 Å². The first-order valence-electron chi connectivity index (χ1n) is 13.3. The first-order chi connectivity index (χ1) is 18.0. The topological polar surface area (TPSA) is 88.2 Å². The Balaban J connectivity index is 1.32. The summed E-state index contributed by atoms with van der Waals surface area (Å²) in [5.74, 6) is -0.376. The van der Waals surface area contributed by atoms with Crippen LogP contribution in [-0.4, -0.2) is 98.5 Å². The molecule has 0 bridgehead atoms. The number of morpholine rings is 1. The summed E-state index contributed by atoms with van der Waals surface area (Å²) >= 11 is 0. The fourth-order valence-electron chi connectivity index (χ4n) is 5.74. The number of carbonyl (C=O) groups is 3. The minimum atomic E-state index is -1.23. The molecule has 2 aromatic carbocycles. The summed E-state index contributed by atoms with van der Waals surface area (Å²) < 4.78 is 11.6. The van der Waals surface area contributed by atoms with E-state index in [1.54, 1.807) is 18.8 Å². The number of ether oxygens (including phenoxy) is 2. The molecule has 8 nitrogen and oxygen atoms in total. The molecule has 13 heteroatoms. The summed E-state index contributed by atoms with van der Waals surface area (Å²) in [6, 6.07) is 13.9. The van der Waals surface area contributed by atoms with E-state index in [-0.39, 0.29) is 18.4 Å². The molecule has 3 aliphatic rings. The third-order valence-corrected chi connectivity index (χ3v) is 9.41. The Hall–Kier alpha value is -2.91. The van der Waals surface area contributed by atoms with E-state index in [0.717, 1.165) is 44.0 Å². The van der Waals surface area contributed by atoms with Gasteiger partial charge < -0.3 is 14.4 Å². The number of hydrogen-bond acceptors (Lipinski definition) is 6. The molecule has 0 saturated carbocycles. The molecular weight excluding hydrogens is 476 g/mol. The number of nitrogens with zero attached hydrogens (tertiary/aromatic N) is 2. The summed E-state index contributed by atoms with van der Waals surface area (Å²) in [4.78, 5) is 43.6. The van der Waals surface area contributed by atoms with Crippen molar-refractivity contribution in [3.8, 4) is 5.75 Å². The Bertz CT molecular complexity index is 1280. The molecule has 0 radical (unpaired) electrons. The summed E-state index contributed by atoms with van der Waals surface area (Å²) in [5.41, 5.74) is 2.35.